The molecule has 2 saturated carbocycles. The number of hydrogen-bond acceptors (Lipinski definition) is 5. The van der Waals surface area contributed by atoms with Gasteiger partial charge in [-0.1, -0.05) is 51.3 Å². The van der Waals surface area contributed by atoms with Crippen LogP contribution in [0.25, 0.3) is 0 Å². The quantitative estimate of drug-likeness (QED) is 0.408. The van der Waals surface area contributed by atoms with Gasteiger partial charge in [-0.25, -0.2) is 0 Å². The number of fused-ring (bicyclic) bond motifs is 1. The van der Waals surface area contributed by atoms with Crippen molar-refractivity contribution in [1.82, 2.24) is 10.2 Å². The molecule has 2 aliphatic carbocycles. The van der Waals surface area contributed by atoms with E-state index in [-0.39, 0.29) is 18.3 Å². The van der Waals surface area contributed by atoms with Crippen LogP contribution >= 0.6 is 0 Å². The summed E-state index contributed by atoms with van der Waals surface area (Å²) in [6, 6.07) is 7.69. The van der Waals surface area contributed by atoms with Crippen molar-refractivity contribution in [2.75, 3.05) is 0 Å². The molecule has 0 spiro atoms. The molecule has 1 unspecified atom stereocenters. The predicted octanol–water partition coefficient (Wildman–Crippen LogP) is 5.64. The van der Waals surface area contributed by atoms with Crippen LogP contribution in [0.15, 0.2) is 18.2 Å². The number of rotatable bonds is 9. The average Bonchev–Trinajstić information content (AvgIpc) is 3.21. The Bertz CT molecular complexity index is 983. The molecule has 1 aromatic carbocycles. The summed E-state index contributed by atoms with van der Waals surface area (Å²) in [6.07, 6.45) is 12.2. The second-order valence-electron chi connectivity index (χ2n) is 14.0. The highest BCUT2D eigenvalue weighted by Crippen LogP contribution is 2.37. The molecule has 1 amide bonds. The van der Waals surface area contributed by atoms with Gasteiger partial charge >= 0.3 is 5.97 Å². The summed E-state index contributed by atoms with van der Waals surface area (Å²) in [6.45, 7) is 11.8. The van der Waals surface area contributed by atoms with Crippen LogP contribution in [0.4, 0.5) is 0 Å². The minimum Gasteiger partial charge on any atom is -0.460 e. The first-order chi connectivity index (χ1) is 17.9. The Kier molecular flexibility index (Phi) is 9.24. The number of nitrogens with zero attached hydrogens (tertiary/aromatic N) is 1. The summed E-state index contributed by atoms with van der Waals surface area (Å²) in [5.41, 5.74) is 9.68. The maximum atomic E-state index is 12.3. The molecule has 4 rings (SSSR count). The molecule has 1 aliphatic heterocycles. The van der Waals surface area contributed by atoms with Crippen LogP contribution in [0.2, 0.25) is 0 Å². The van der Waals surface area contributed by atoms with Crippen molar-refractivity contribution in [2.45, 2.75) is 142 Å². The van der Waals surface area contributed by atoms with Crippen LogP contribution in [-0.2, 0) is 33.8 Å². The maximum absolute atomic E-state index is 12.3. The number of hydrogen-bond donors (Lipinski definition) is 2. The lowest BCUT2D eigenvalue weighted by Gasteiger charge is -2.41. The summed E-state index contributed by atoms with van der Waals surface area (Å²) in [5.74, 6) is 0.0234. The van der Waals surface area contributed by atoms with E-state index >= 15 is 0 Å². The molecule has 0 aromatic heterocycles. The summed E-state index contributed by atoms with van der Waals surface area (Å²) in [5, 5.41) is 4.11. The Morgan fingerprint density at radius 2 is 1.84 bits per heavy atom. The number of primary amides is 1. The van der Waals surface area contributed by atoms with E-state index in [0.29, 0.717) is 42.9 Å². The van der Waals surface area contributed by atoms with Crippen LogP contribution in [0.1, 0.15) is 116 Å². The molecule has 0 saturated heterocycles. The smallest absolute Gasteiger partial charge is 0.306 e. The van der Waals surface area contributed by atoms with E-state index in [9.17, 15) is 9.59 Å². The number of esters is 1. The standard InChI is InChI=1S/C32H51N3O3/c1-31(2,3)38-29(36)15-14-28(30(33)37)35-20-24-13-12-22(18-25(24)21-35)17-23-9-6-7-11-27(23)34-26-10-8-16-32(4,5)19-26/h12-13,18,23,26-28,34H,6-11,14-17,19-21H2,1-5H3,(H2,33,37)/t23-,26?,27+,28+/m1/s1. The molecule has 1 aromatic rings. The molecule has 2 fully saturated rings. The molecular weight excluding hydrogens is 474 g/mol. The fraction of sp³-hybridized carbons (Fsp3) is 0.750. The molecular formula is C32H51N3O3. The zero-order valence-corrected chi connectivity index (χ0v) is 24.5. The summed E-state index contributed by atoms with van der Waals surface area (Å²) < 4.78 is 5.43. The fourth-order valence-corrected chi connectivity index (χ4v) is 7.09. The minimum absolute atomic E-state index is 0.192. The molecule has 6 nitrogen and oxygen atoms in total. The lowest BCUT2D eigenvalue weighted by Crippen LogP contribution is -2.47. The number of amides is 1. The number of ether oxygens (including phenoxy) is 1. The van der Waals surface area contributed by atoms with Gasteiger partial charge in [-0.3, -0.25) is 14.5 Å². The summed E-state index contributed by atoms with van der Waals surface area (Å²) in [7, 11) is 0. The highest BCUT2D eigenvalue weighted by molar-refractivity contribution is 5.81. The molecule has 0 bridgehead atoms. The molecule has 1 heterocycles. The Balaban J connectivity index is 1.36. The molecule has 6 heteroatoms. The van der Waals surface area contributed by atoms with Gasteiger partial charge in [0.05, 0.1) is 6.04 Å². The Morgan fingerprint density at radius 3 is 2.55 bits per heavy atom. The van der Waals surface area contributed by atoms with Crippen LogP contribution in [0.5, 0.6) is 0 Å². The molecule has 3 N–H and O–H groups in total. The van der Waals surface area contributed by atoms with E-state index in [2.05, 4.69) is 42.3 Å². The van der Waals surface area contributed by atoms with Crippen molar-refractivity contribution in [1.29, 1.82) is 0 Å². The van der Waals surface area contributed by atoms with E-state index in [1.807, 2.05) is 20.8 Å². The average molecular weight is 526 g/mol. The zero-order valence-electron chi connectivity index (χ0n) is 24.5. The lowest BCUT2D eigenvalue weighted by atomic mass is 9.74. The van der Waals surface area contributed by atoms with E-state index in [0.717, 1.165) is 6.42 Å². The van der Waals surface area contributed by atoms with Gasteiger partial charge in [0.1, 0.15) is 5.60 Å². The van der Waals surface area contributed by atoms with Crippen LogP contribution < -0.4 is 11.1 Å². The number of nitrogens with one attached hydrogen (secondary N) is 1. The van der Waals surface area contributed by atoms with E-state index < -0.39 is 11.6 Å². The monoisotopic (exact) mass is 525 g/mol. The minimum atomic E-state index is -0.528. The maximum Gasteiger partial charge on any atom is 0.306 e. The Labute approximate surface area is 230 Å². The van der Waals surface area contributed by atoms with Crippen LogP contribution in [0.3, 0.4) is 0 Å². The van der Waals surface area contributed by atoms with E-state index in [1.165, 1.54) is 68.1 Å². The third kappa shape index (κ3) is 8.05. The van der Waals surface area contributed by atoms with Crippen molar-refractivity contribution in [3.05, 3.63) is 34.9 Å². The predicted molar refractivity (Wildman–Crippen MR) is 152 cm³/mol. The topological polar surface area (TPSA) is 84.7 Å². The summed E-state index contributed by atoms with van der Waals surface area (Å²) >= 11 is 0. The van der Waals surface area contributed by atoms with Gasteiger partial charge in [0.25, 0.3) is 0 Å². The fourth-order valence-electron chi connectivity index (χ4n) is 7.09. The van der Waals surface area contributed by atoms with Gasteiger partial charge < -0.3 is 15.8 Å². The van der Waals surface area contributed by atoms with Crippen molar-refractivity contribution < 1.29 is 14.3 Å². The number of benzene rings is 1. The van der Waals surface area contributed by atoms with Gasteiger partial charge in [-0.05, 0) is 93.7 Å². The molecule has 212 valence electrons. The van der Waals surface area contributed by atoms with Crippen molar-refractivity contribution >= 4 is 11.9 Å². The SMILES string of the molecule is CC1(C)CCCC(N[C@H]2CCCC[C@@H]2Cc2ccc3c(c2)CN([C@@H](CCC(=O)OC(C)(C)C)C(N)=O)C3)C1. The number of carbonyl (C=O) groups is 2. The van der Waals surface area contributed by atoms with E-state index in [1.54, 1.807) is 0 Å². The third-order valence-corrected chi connectivity index (χ3v) is 8.89. The van der Waals surface area contributed by atoms with Crippen molar-refractivity contribution in [2.24, 2.45) is 17.1 Å². The first kappa shape index (κ1) is 29.1. The second kappa shape index (κ2) is 12.1. The summed E-state index contributed by atoms with van der Waals surface area (Å²) in [4.78, 5) is 26.7. The molecule has 38 heavy (non-hydrogen) atoms. The first-order valence-electron chi connectivity index (χ1n) is 15.0. The van der Waals surface area contributed by atoms with Crippen LogP contribution in [-0.4, -0.2) is 40.5 Å². The number of nitrogens with two attached hydrogens (primary N) is 1. The van der Waals surface area contributed by atoms with Gasteiger partial charge in [-0.15, -0.1) is 0 Å². The molecule has 0 radical (unpaired) electrons. The zero-order chi connectivity index (χ0) is 27.5. The normalized spacial score (nSPS) is 26.5. The van der Waals surface area contributed by atoms with Gasteiger partial charge in [0.15, 0.2) is 0 Å². The van der Waals surface area contributed by atoms with Gasteiger partial charge in [0, 0.05) is 31.6 Å². The van der Waals surface area contributed by atoms with Gasteiger partial charge in [-0.2, -0.15) is 0 Å². The Morgan fingerprint density at radius 1 is 1.11 bits per heavy atom. The second-order valence-corrected chi connectivity index (χ2v) is 14.0. The number of carbonyl (C=O) groups excluding carboxylic acids is 2. The van der Waals surface area contributed by atoms with Crippen LogP contribution in [0, 0.1) is 11.3 Å². The highest BCUT2D eigenvalue weighted by atomic mass is 16.6. The molecule has 3 aliphatic rings. The van der Waals surface area contributed by atoms with Crippen molar-refractivity contribution in [3.8, 4) is 0 Å². The highest BCUT2D eigenvalue weighted by Gasteiger charge is 2.34. The first-order valence-corrected chi connectivity index (χ1v) is 15.0. The van der Waals surface area contributed by atoms with E-state index in [4.69, 9.17) is 10.5 Å². The lowest BCUT2D eigenvalue weighted by molar-refractivity contribution is -0.155. The molecule has 4 atom stereocenters. The Hall–Kier alpha value is -1.92. The third-order valence-electron chi connectivity index (χ3n) is 8.89. The van der Waals surface area contributed by atoms with Crippen molar-refractivity contribution in [3.63, 3.8) is 0 Å². The van der Waals surface area contributed by atoms with Gasteiger partial charge in [0.2, 0.25) is 5.91 Å². The largest absolute Gasteiger partial charge is 0.460 e.